The van der Waals surface area contributed by atoms with Gasteiger partial charge in [0, 0.05) is 17.5 Å². The fourth-order valence-corrected chi connectivity index (χ4v) is 2.73. The van der Waals surface area contributed by atoms with Crippen LogP contribution in [0, 0.1) is 0 Å². The molecule has 0 aliphatic carbocycles. The first-order valence-electron chi connectivity index (χ1n) is 9.26. The van der Waals surface area contributed by atoms with Crippen molar-refractivity contribution >= 4 is 0 Å². The Balaban J connectivity index is 0.00000151. The summed E-state index contributed by atoms with van der Waals surface area (Å²) in [6, 6.07) is 16.8. The van der Waals surface area contributed by atoms with Gasteiger partial charge in [0.1, 0.15) is 5.75 Å². The van der Waals surface area contributed by atoms with E-state index in [1.807, 2.05) is 19.9 Å². The predicted molar refractivity (Wildman–Crippen MR) is 109 cm³/mol. The number of nitrogens with two attached hydrogens (primary N) is 1. The molecule has 2 aromatic carbocycles. The molecule has 0 saturated heterocycles. The van der Waals surface area contributed by atoms with Crippen molar-refractivity contribution in [3.63, 3.8) is 0 Å². The average molecular weight is 342 g/mol. The number of hydrogen-bond acceptors (Lipinski definition) is 2. The molecule has 0 spiro atoms. The third-order valence-corrected chi connectivity index (χ3v) is 4.26. The minimum atomic E-state index is -0.0574. The summed E-state index contributed by atoms with van der Waals surface area (Å²) in [6.45, 7) is 16.2. The van der Waals surface area contributed by atoms with Gasteiger partial charge in [0.2, 0.25) is 0 Å². The minimum Gasteiger partial charge on any atom is -0.492 e. The van der Waals surface area contributed by atoms with E-state index in [0.717, 1.165) is 11.3 Å². The van der Waals surface area contributed by atoms with Crippen molar-refractivity contribution in [1.82, 2.24) is 0 Å². The molecule has 2 rings (SSSR count). The van der Waals surface area contributed by atoms with Crippen LogP contribution in [-0.2, 0) is 17.4 Å². The summed E-state index contributed by atoms with van der Waals surface area (Å²) in [5.74, 6) is 0.950. The van der Waals surface area contributed by atoms with Gasteiger partial charge in [-0.3, -0.25) is 0 Å². The lowest BCUT2D eigenvalue weighted by Gasteiger charge is -2.29. The highest BCUT2D eigenvalue weighted by Crippen LogP contribution is 2.35. The van der Waals surface area contributed by atoms with Crippen molar-refractivity contribution in [1.29, 1.82) is 0 Å². The lowest BCUT2D eigenvalue weighted by atomic mass is 9.84. The van der Waals surface area contributed by atoms with E-state index in [-0.39, 0.29) is 10.8 Å². The predicted octanol–water partition coefficient (Wildman–Crippen LogP) is 5.83. The molecule has 0 radical (unpaired) electrons. The molecule has 0 bridgehead atoms. The van der Waals surface area contributed by atoms with Gasteiger partial charge in [0.25, 0.3) is 0 Å². The summed E-state index contributed by atoms with van der Waals surface area (Å²) in [5.41, 5.74) is 9.46. The molecule has 138 valence electrons. The fourth-order valence-electron chi connectivity index (χ4n) is 2.73. The zero-order valence-corrected chi connectivity index (χ0v) is 17.0. The van der Waals surface area contributed by atoms with Crippen LogP contribution < -0.4 is 10.5 Å². The third-order valence-electron chi connectivity index (χ3n) is 4.26. The Morgan fingerprint density at radius 2 is 1.44 bits per heavy atom. The molecule has 25 heavy (non-hydrogen) atoms. The molecule has 2 heteroatoms. The van der Waals surface area contributed by atoms with Gasteiger partial charge in [-0.2, -0.15) is 0 Å². The summed E-state index contributed by atoms with van der Waals surface area (Å²) in [4.78, 5) is 0. The van der Waals surface area contributed by atoms with E-state index in [9.17, 15) is 0 Å². The van der Waals surface area contributed by atoms with Crippen LogP contribution in [0.4, 0.5) is 0 Å². The van der Waals surface area contributed by atoms with E-state index >= 15 is 0 Å². The second-order valence-electron chi connectivity index (χ2n) is 7.79. The van der Waals surface area contributed by atoms with Crippen molar-refractivity contribution < 1.29 is 4.74 Å². The quantitative estimate of drug-likeness (QED) is 0.743. The van der Waals surface area contributed by atoms with Gasteiger partial charge < -0.3 is 10.5 Å². The highest BCUT2D eigenvalue weighted by Gasteiger charge is 2.25. The summed E-state index contributed by atoms with van der Waals surface area (Å²) < 4.78 is 6.32. The topological polar surface area (TPSA) is 35.2 Å². The molecule has 0 aliphatic heterocycles. The van der Waals surface area contributed by atoms with E-state index < -0.39 is 0 Å². The standard InChI is InChI=1S/C21H29NO.C2H6/c1-20(2,3)18-13-9-10-16(14-22)19(18)23-15-21(4,5)17-11-7-6-8-12-17;1-2/h6-13H,14-15,22H2,1-5H3;1-2H3. The Morgan fingerprint density at radius 1 is 0.840 bits per heavy atom. The van der Waals surface area contributed by atoms with Crippen molar-refractivity contribution in [2.75, 3.05) is 6.61 Å². The Morgan fingerprint density at radius 3 is 1.96 bits per heavy atom. The van der Waals surface area contributed by atoms with E-state index in [2.05, 4.69) is 77.1 Å². The summed E-state index contributed by atoms with van der Waals surface area (Å²) >= 11 is 0. The lowest BCUT2D eigenvalue weighted by molar-refractivity contribution is 0.234. The van der Waals surface area contributed by atoms with Gasteiger partial charge in [0.15, 0.2) is 0 Å². The highest BCUT2D eigenvalue weighted by molar-refractivity contribution is 5.45. The third kappa shape index (κ3) is 5.61. The van der Waals surface area contributed by atoms with Crippen LogP contribution >= 0.6 is 0 Å². The number of rotatable bonds is 5. The molecule has 0 amide bonds. The molecular formula is C23H35NO. The SMILES string of the molecule is CC.CC(C)(C)c1cccc(CN)c1OCC(C)(C)c1ccccc1. The zero-order valence-electron chi connectivity index (χ0n) is 17.0. The first kappa shape index (κ1) is 21.2. The maximum absolute atomic E-state index is 6.32. The van der Waals surface area contributed by atoms with Gasteiger partial charge >= 0.3 is 0 Å². The van der Waals surface area contributed by atoms with Crippen molar-refractivity contribution in [3.8, 4) is 5.75 Å². The normalized spacial score (nSPS) is 11.5. The van der Waals surface area contributed by atoms with E-state index in [4.69, 9.17) is 10.5 Å². The van der Waals surface area contributed by atoms with E-state index in [1.165, 1.54) is 11.1 Å². The Hall–Kier alpha value is -1.80. The molecular weight excluding hydrogens is 306 g/mol. The summed E-state index contributed by atoms with van der Waals surface area (Å²) in [6.07, 6.45) is 0. The molecule has 0 atom stereocenters. The molecule has 0 unspecified atom stereocenters. The van der Waals surface area contributed by atoms with Crippen LogP contribution in [0.15, 0.2) is 48.5 Å². The summed E-state index contributed by atoms with van der Waals surface area (Å²) in [7, 11) is 0. The monoisotopic (exact) mass is 341 g/mol. The van der Waals surface area contributed by atoms with Crippen molar-refractivity contribution in [2.24, 2.45) is 5.73 Å². The fraction of sp³-hybridized carbons (Fsp3) is 0.478. The van der Waals surface area contributed by atoms with Gasteiger partial charge in [-0.1, -0.05) is 97.0 Å². The first-order chi connectivity index (χ1) is 11.8. The Bertz CT molecular complexity index is 639. The molecule has 2 nitrogen and oxygen atoms in total. The van der Waals surface area contributed by atoms with E-state index in [0.29, 0.717) is 13.2 Å². The van der Waals surface area contributed by atoms with Crippen molar-refractivity contribution in [2.45, 2.75) is 65.8 Å². The number of ether oxygens (including phenoxy) is 1. The molecule has 0 saturated carbocycles. The van der Waals surface area contributed by atoms with Crippen LogP contribution in [-0.4, -0.2) is 6.61 Å². The smallest absolute Gasteiger partial charge is 0.127 e. The average Bonchev–Trinajstić information content (AvgIpc) is 2.61. The van der Waals surface area contributed by atoms with Gasteiger partial charge in [-0.05, 0) is 16.5 Å². The maximum Gasteiger partial charge on any atom is 0.127 e. The Labute approximate surface area is 154 Å². The van der Waals surface area contributed by atoms with Crippen LogP contribution in [0.2, 0.25) is 0 Å². The van der Waals surface area contributed by atoms with Crippen LogP contribution in [0.3, 0.4) is 0 Å². The maximum atomic E-state index is 6.32. The van der Waals surface area contributed by atoms with E-state index in [1.54, 1.807) is 0 Å². The highest BCUT2D eigenvalue weighted by atomic mass is 16.5. The number of hydrogen-bond donors (Lipinski definition) is 1. The number of para-hydroxylation sites is 1. The molecule has 0 aromatic heterocycles. The van der Waals surface area contributed by atoms with Crippen molar-refractivity contribution in [3.05, 3.63) is 65.2 Å². The largest absolute Gasteiger partial charge is 0.492 e. The van der Waals surface area contributed by atoms with Gasteiger partial charge in [0.05, 0.1) is 6.61 Å². The second kappa shape index (κ2) is 9.05. The van der Waals surface area contributed by atoms with Gasteiger partial charge in [-0.15, -0.1) is 0 Å². The van der Waals surface area contributed by atoms with Crippen LogP contribution in [0.5, 0.6) is 5.75 Å². The molecule has 0 fully saturated rings. The van der Waals surface area contributed by atoms with Crippen LogP contribution in [0.25, 0.3) is 0 Å². The first-order valence-corrected chi connectivity index (χ1v) is 9.26. The van der Waals surface area contributed by atoms with Crippen LogP contribution in [0.1, 0.15) is 65.2 Å². The zero-order chi connectivity index (χ0) is 19.1. The van der Waals surface area contributed by atoms with Gasteiger partial charge in [-0.25, -0.2) is 0 Å². The minimum absolute atomic E-state index is 0.0252. The molecule has 0 heterocycles. The second-order valence-corrected chi connectivity index (χ2v) is 7.79. The number of benzene rings is 2. The Kier molecular flexibility index (Phi) is 7.69. The molecule has 0 aliphatic rings. The molecule has 2 N–H and O–H groups in total. The lowest BCUT2D eigenvalue weighted by Crippen LogP contribution is -2.27. The molecule has 2 aromatic rings. The summed E-state index contributed by atoms with van der Waals surface area (Å²) in [5, 5.41) is 0.